The highest BCUT2D eigenvalue weighted by Crippen LogP contribution is 2.37. The largest absolute Gasteiger partial charge is 0.405 e. The topological polar surface area (TPSA) is 90.9 Å². The van der Waals surface area contributed by atoms with E-state index in [1.165, 1.54) is 0 Å². The minimum absolute atomic E-state index is 0.0188. The maximum atomic E-state index is 13.2. The van der Waals surface area contributed by atoms with Crippen LogP contribution < -0.4 is 21.3 Å². The van der Waals surface area contributed by atoms with E-state index >= 15 is 0 Å². The van der Waals surface area contributed by atoms with Gasteiger partial charge in [-0.1, -0.05) is 0 Å². The average Bonchev–Trinajstić information content (AvgIpc) is 3.38. The predicted molar refractivity (Wildman–Crippen MR) is 131 cm³/mol. The van der Waals surface area contributed by atoms with Crippen LogP contribution in [-0.2, 0) is 4.74 Å². The van der Waals surface area contributed by atoms with Crippen molar-refractivity contribution in [3.63, 3.8) is 0 Å². The van der Waals surface area contributed by atoms with Gasteiger partial charge in [0.25, 0.3) is 0 Å². The quantitative estimate of drug-likeness (QED) is 0.317. The second kappa shape index (κ2) is 11.3. The van der Waals surface area contributed by atoms with Crippen LogP contribution >= 0.6 is 0 Å². The molecule has 7 unspecified atom stereocenters. The first-order valence-electron chi connectivity index (χ1n) is 13.8. The number of halogens is 5. The molecule has 5 N–H and O–H groups in total. The van der Waals surface area contributed by atoms with E-state index < -0.39 is 25.1 Å². The summed E-state index contributed by atoms with van der Waals surface area (Å²) in [5, 5.41) is 21.7. The molecule has 5 rings (SSSR count). The SMILES string of the molecule is CN1CC(C(F)(F)F)NC1C1CCC(CN2C(=N)N(C)C3CNC(C4CCCNC4OC(F)F)NC32)CC1. The first kappa shape index (κ1) is 28.2. The third kappa shape index (κ3) is 5.75. The molecule has 1 aliphatic carbocycles. The van der Waals surface area contributed by atoms with Crippen LogP contribution in [0.4, 0.5) is 22.0 Å². The third-order valence-corrected chi connectivity index (χ3v) is 9.33. The zero-order chi connectivity index (χ0) is 27.2. The molecule has 5 fully saturated rings. The van der Waals surface area contributed by atoms with Gasteiger partial charge in [0, 0.05) is 32.6 Å². The minimum atomic E-state index is -4.24. The summed E-state index contributed by atoms with van der Waals surface area (Å²) < 4.78 is 70.6. The van der Waals surface area contributed by atoms with Gasteiger partial charge in [-0.25, -0.2) is 0 Å². The Balaban J connectivity index is 1.18. The molecule has 0 radical (unpaired) electrons. The fourth-order valence-corrected chi connectivity index (χ4v) is 7.26. The summed E-state index contributed by atoms with van der Waals surface area (Å²) in [7, 11) is 3.67. The number of nitrogens with zero attached hydrogens (tertiary/aromatic N) is 3. The number of hydrogen-bond acceptors (Lipinski definition) is 7. The van der Waals surface area contributed by atoms with E-state index in [1.54, 1.807) is 11.9 Å². The summed E-state index contributed by atoms with van der Waals surface area (Å²) in [5.74, 6) is 0.770. The molecule has 0 spiro atoms. The van der Waals surface area contributed by atoms with Crippen LogP contribution in [0, 0.1) is 23.2 Å². The number of rotatable bonds is 6. The van der Waals surface area contributed by atoms with E-state index in [1.807, 2.05) is 11.9 Å². The smallest absolute Gasteiger partial charge is 0.338 e. The molecular formula is C24H41F5N8O. The van der Waals surface area contributed by atoms with Crippen molar-refractivity contribution >= 4 is 5.96 Å². The number of alkyl halides is 5. The Morgan fingerprint density at radius 2 is 1.76 bits per heavy atom. The molecule has 4 heterocycles. The normalized spacial score (nSPS) is 41.3. The molecular weight excluding hydrogens is 511 g/mol. The van der Waals surface area contributed by atoms with Crippen LogP contribution in [0.25, 0.3) is 0 Å². The summed E-state index contributed by atoms with van der Waals surface area (Å²) in [5.41, 5.74) is 0. The Hall–Kier alpha value is -1.32. The Bertz CT molecular complexity index is 828. The molecule has 38 heavy (non-hydrogen) atoms. The van der Waals surface area contributed by atoms with Crippen LogP contribution in [0.15, 0.2) is 0 Å². The van der Waals surface area contributed by atoms with E-state index in [0.717, 1.165) is 38.5 Å². The lowest BCUT2D eigenvalue weighted by atomic mass is 9.80. The lowest BCUT2D eigenvalue weighted by molar-refractivity contribution is -0.195. The zero-order valence-corrected chi connectivity index (χ0v) is 22.0. The number of nitrogens with one attached hydrogen (secondary N) is 5. The highest BCUT2D eigenvalue weighted by molar-refractivity contribution is 5.80. The van der Waals surface area contributed by atoms with Crippen LogP contribution in [0.2, 0.25) is 0 Å². The van der Waals surface area contributed by atoms with Gasteiger partial charge in [-0.2, -0.15) is 22.0 Å². The second-order valence-corrected chi connectivity index (χ2v) is 11.7. The number of likely N-dealkylation sites (N-methyl/N-ethyl adjacent to an activating group) is 2. The molecule has 0 aromatic carbocycles. The van der Waals surface area contributed by atoms with Gasteiger partial charge in [-0.05, 0) is 64.0 Å². The van der Waals surface area contributed by atoms with Crippen molar-refractivity contribution in [3.8, 4) is 0 Å². The van der Waals surface area contributed by atoms with Gasteiger partial charge in [-0.3, -0.25) is 31.6 Å². The van der Waals surface area contributed by atoms with Crippen molar-refractivity contribution in [2.75, 3.05) is 40.3 Å². The summed E-state index contributed by atoms with van der Waals surface area (Å²) in [6.45, 7) is -0.911. The Morgan fingerprint density at radius 1 is 1.03 bits per heavy atom. The van der Waals surface area contributed by atoms with Gasteiger partial charge in [0.1, 0.15) is 18.4 Å². The zero-order valence-electron chi connectivity index (χ0n) is 22.0. The van der Waals surface area contributed by atoms with E-state index in [2.05, 4.69) is 26.2 Å². The van der Waals surface area contributed by atoms with Gasteiger partial charge in [0.15, 0.2) is 5.96 Å². The summed E-state index contributed by atoms with van der Waals surface area (Å²) in [6.07, 6.45) is -0.473. The molecule has 0 bridgehead atoms. The third-order valence-electron chi connectivity index (χ3n) is 9.33. The molecule has 0 amide bonds. The number of guanidine groups is 1. The molecule has 218 valence electrons. The van der Waals surface area contributed by atoms with Crippen molar-refractivity contribution < 1.29 is 26.7 Å². The fraction of sp³-hybridized carbons (Fsp3) is 0.958. The summed E-state index contributed by atoms with van der Waals surface area (Å²) in [6, 6.07) is -1.44. The number of piperidine rings is 1. The lowest BCUT2D eigenvalue weighted by Gasteiger charge is -2.45. The summed E-state index contributed by atoms with van der Waals surface area (Å²) in [4.78, 5) is 5.83. The standard InChI is InChI=1S/C24H41F5N8O/c1-35-12-17(24(27,28)29)33-19(35)14-7-5-13(6-8-14)11-37-20-16(36(2)23(37)30)10-32-18(34-20)15-4-3-9-31-21(15)38-22(25)26/h13-22,30-34H,3-12H2,1-2H3. The second-order valence-electron chi connectivity index (χ2n) is 11.7. The maximum absolute atomic E-state index is 13.2. The number of ether oxygens (including phenoxy) is 1. The van der Waals surface area contributed by atoms with E-state index in [0.29, 0.717) is 31.5 Å². The molecule has 5 aliphatic rings. The van der Waals surface area contributed by atoms with E-state index in [4.69, 9.17) is 10.1 Å². The predicted octanol–water partition coefficient (Wildman–Crippen LogP) is 1.55. The van der Waals surface area contributed by atoms with E-state index in [-0.39, 0.29) is 42.9 Å². The van der Waals surface area contributed by atoms with Crippen molar-refractivity contribution in [1.29, 1.82) is 5.41 Å². The van der Waals surface area contributed by atoms with Crippen LogP contribution in [0.3, 0.4) is 0 Å². The molecule has 4 saturated heterocycles. The molecule has 0 aromatic rings. The average molecular weight is 553 g/mol. The molecule has 9 nitrogen and oxygen atoms in total. The maximum Gasteiger partial charge on any atom is 0.405 e. The minimum Gasteiger partial charge on any atom is -0.338 e. The van der Waals surface area contributed by atoms with Crippen LogP contribution in [-0.4, -0.2) is 111 Å². The first-order chi connectivity index (χ1) is 18.0. The molecule has 4 aliphatic heterocycles. The van der Waals surface area contributed by atoms with Gasteiger partial charge in [-0.15, -0.1) is 0 Å². The molecule has 1 saturated carbocycles. The highest BCUT2D eigenvalue weighted by atomic mass is 19.4. The Labute approximate surface area is 220 Å². The van der Waals surface area contributed by atoms with Crippen molar-refractivity contribution in [2.45, 2.75) is 88.1 Å². The highest BCUT2D eigenvalue weighted by Gasteiger charge is 2.50. The van der Waals surface area contributed by atoms with Crippen LogP contribution in [0.1, 0.15) is 38.5 Å². The first-order valence-corrected chi connectivity index (χ1v) is 13.8. The van der Waals surface area contributed by atoms with Crippen molar-refractivity contribution in [3.05, 3.63) is 0 Å². The Morgan fingerprint density at radius 3 is 2.42 bits per heavy atom. The number of fused-ring (bicyclic) bond motifs is 1. The van der Waals surface area contributed by atoms with Gasteiger partial charge < -0.3 is 14.5 Å². The van der Waals surface area contributed by atoms with Gasteiger partial charge >= 0.3 is 12.8 Å². The number of hydrogen-bond donors (Lipinski definition) is 5. The van der Waals surface area contributed by atoms with E-state index in [9.17, 15) is 22.0 Å². The van der Waals surface area contributed by atoms with Crippen molar-refractivity contribution in [1.82, 2.24) is 36.0 Å². The molecule has 14 heteroatoms. The molecule has 7 atom stereocenters. The van der Waals surface area contributed by atoms with Crippen LogP contribution in [0.5, 0.6) is 0 Å². The molecule has 0 aromatic heterocycles. The monoisotopic (exact) mass is 552 g/mol. The summed E-state index contributed by atoms with van der Waals surface area (Å²) >= 11 is 0. The van der Waals surface area contributed by atoms with Gasteiger partial charge in [0.2, 0.25) is 0 Å². The Kier molecular flexibility index (Phi) is 8.38. The van der Waals surface area contributed by atoms with Gasteiger partial charge in [0.05, 0.1) is 18.4 Å². The van der Waals surface area contributed by atoms with Crippen molar-refractivity contribution in [2.24, 2.45) is 17.8 Å². The fourth-order valence-electron chi connectivity index (χ4n) is 7.26. The lowest BCUT2D eigenvalue weighted by Crippen LogP contribution is -2.69.